The Hall–Kier alpha value is -3.26. The van der Waals surface area contributed by atoms with E-state index < -0.39 is 4.92 Å². The fourth-order valence-corrected chi connectivity index (χ4v) is 2.34. The highest BCUT2D eigenvalue weighted by molar-refractivity contribution is 5.37. The predicted molar refractivity (Wildman–Crippen MR) is 90.9 cm³/mol. The molecule has 0 spiro atoms. The van der Waals surface area contributed by atoms with E-state index in [1.54, 1.807) is 12.1 Å². The van der Waals surface area contributed by atoms with E-state index in [-0.39, 0.29) is 18.3 Å². The molecular weight excluding hydrogens is 322 g/mol. The van der Waals surface area contributed by atoms with Gasteiger partial charge in [-0.2, -0.15) is 5.10 Å². The van der Waals surface area contributed by atoms with Crippen LogP contribution in [0.1, 0.15) is 23.3 Å². The molecule has 0 aliphatic carbocycles. The number of ether oxygens (including phenoxy) is 1. The van der Waals surface area contributed by atoms with Crippen LogP contribution in [-0.2, 0) is 13.0 Å². The molecule has 25 heavy (non-hydrogen) atoms. The van der Waals surface area contributed by atoms with E-state index in [0.717, 1.165) is 5.56 Å². The summed E-state index contributed by atoms with van der Waals surface area (Å²) in [4.78, 5) is 14.6. The van der Waals surface area contributed by atoms with E-state index in [1.165, 1.54) is 12.1 Å². The van der Waals surface area contributed by atoms with Crippen LogP contribution in [0.4, 0.5) is 5.69 Å². The molecule has 128 valence electrons. The van der Waals surface area contributed by atoms with Gasteiger partial charge in [-0.3, -0.25) is 15.2 Å². The number of rotatable bonds is 7. The van der Waals surface area contributed by atoms with Crippen molar-refractivity contribution >= 4 is 5.69 Å². The van der Waals surface area contributed by atoms with Crippen molar-refractivity contribution in [1.82, 2.24) is 15.2 Å². The minimum absolute atomic E-state index is 0.0272. The first kappa shape index (κ1) is 16.6. The molecule has 3 rings (SSSR count). The number of hydrogen-bond acceptors (Lipinski definition) is 6. The van der Waals surface area contributed by atoms with Crippen molar-refractivity contribution < 1.29 is 9.66 Å². The van der Waals surface area contributed by atoms with E-state index in [0.29, 0.717) is 23.8 Å². The van der Waals surface area contributed by atoms with Gasteiger partial charge in [-0.15, -0.1) is 0 Å². The molecule has 0 radical (unpaired) electrons. The zero-order valence-corrected chi connectivity index (χ0v) is 13.3. The number of nitro benzene ring substituents is 1. The number of aromatic nitrogens is 3. The maximum atomic E-state index is 10.8. The third-order valence-corrected chi connectivity index (χ3v) is 3.58. The first-order valence-electron chi connectivity index (χ1n) is 7.70. The largest absolute Gasteiger partial charge is 0.485 e. The van der Waals surface area contributed by atoms with Crippen LogP contribution in [0.2, 0.25) is 0 Å². The Kier molecular flexibility index (Phi) is 5.00. The Balaban J connectivity index is 1.60. The Morgan fingerprint density at radius 3 is 2.76 bits per heavy atom. The first-order valence-corrected chi connectivity index (χ1v) is 7.70. The van der Waals surface area contributed by atoms with Crippen molar-refractivity contribution in [2.75, 3.05) is 0 Å². The molecule has 0 bridgehead atoms. The van der Waals surface area contributed by atoms with Crippen molar-refractivity contribution in [3.63, 3.8) is 0 Å². The summed E-state index contributed by atoms with van der Waals surface area (Å²) >= 11 is 0. The number of benzene rings is 2. The van der Waals surface area contributed by atoms with Gasteiger partial charge in [0.25, 0.3) is 5.69 Å². The minimum atomic E-state index is -0.470. The molecule has 0 fully saturated rings. The van der Waals surface area contributed by atoms with Crippen LogP contribution in [0.3, 0.4) is 0 Å². The lowest BCUT2D eigenvalue weighted by Gasteiger charge is -2.07. The summed E-state index contributed by atoms with van der Waals surface area (Å²) < 4.78 is 5.52. The molecule has 8 heteroatoms. The minimum Gasteiger partial charge on any atom is -0.485 e. The van der Waals surface area contributed by atoms with Gasteiger partial charge in [0.05, 0.1) is 17.0 Å². The van der Waals surface area contributed by atoms with Crippen molar-refractivity contribution in [1.29, 1.82) is 0 Å². The second-order valence-corrected chi connectivity index (χ2v) is 5.48. The molecule has 1 aromatic heterocycles. The fraction of sp³-hybridized carbons (Fsp3) is 0.176. The standard InChI is InChI=1S/C17H17N5O3/c18-15(9-12-5-2-1-3-6-12)17-19-16(20-21-17)11-25-14-8-4-7-13(10-14)22(23)24/h1-8,10,15H,9,11,18H2,(H,19,20,21). The smallest absolute Gasteiger partial charge is 0.273 e. The van der Waals surface area contributed by atoms with E-state index in [2.05, 4.69) is 15.2 Å². The van der Waals surface area contributed by atoms with Crippen LogP contribution in [-0.4, -0.2) is 20.1 Å². The van der Waals surface area contributed by atoms with Crippen LogP contribution in [0.5, 0.6) is 5.75 Å². The van der Waals surface area contributed by atoms with Crippen LogP contribution in [0.15, 0.2) is 54.6 Å². The normalized spacial score (nSPS) is 11.9. The summed E-state index contributed by atoms with van der Waals surface area (Å²) in [5.74, 6) is 1.40. The average molecular weight is 339 g/mol. The molecule has 0 saturated carbocycles. The van der Waals surface area contributed by atoms with Crippen molar-refractivity contribution in [2.24, 2.45) is 5.73 Å². The maximum Gasteiger partial charge on any atom is 0.273 e. The lowest BCUT2D eigenvalue weighted by Crippen LogP contribution is -2.15. The Morgan fingerprint density at radius 1 is 1.20 bits per heavy atom. The summed E-state index contributed by atoms with van der Waals surface area (Å²) in [6.07, 6.45) is 0.629. The van der Waals surface area contributed by atoms with Gasteiger partial charge in [0.15, 0.2) is 11.6 Å². The second-order valence-electron chi connectivity index (χ2n) is 5.48. The Labute approximate surface area is 143 Å². The van der Waals surface area contributed by atoms with E-state index in [4.69, 9.17) is 10.5 Å². The molecule has 0 aliphatic heterocycles. The summed E-state index contributed by atoms with van der Waals surface area (Å²) in [7, 11) is 0. The van der Waals surface area contributed by atoms with Crippen molar-refractivity contribution in [3.05, 3.63) is 81.9 Å². The van der Waals surface area contributed by atoms with E-state index in [1.807, 2.05) is 30.3 Å². The number of hydrogen-bond donors (Lipinski definition) is 2. The quantitative estimate of drug-likeness (QED) is 0.504. The van der Waals surface area contributed by atoms with E-state index >= 15 is 0 Å². The number of nitrogens with one attached hydrogen (secondary N) is 1. The van der Waals surface area contributed by atoms with Gasteiger partial charge in [0.1, 0.15) is 12.4 Å². The molecule has 2 aromatic carbocycles. The van der Waals surface area contributed by atoms with Crippen LogP contribution in [0, 0.1) is 10.1 Å². The van der Waals surface area contributed by atoms with Crippen molar-refractivity contribution in [2.45, 2.75) is 19.1 Å². The molecule has 3 aromatic rings. The Morgan fingerprint density at radius 2 is 2.00 bits per heavy atom. The molecule has 0 saturated heterocycles. The molecule has 3 N–H and O–H groups in total. The number of nitro groups is 1. The third-order valence-electron chi connectivity index (χ3n) is 3.58. The third kappa shape index (κ3) is 4.39. The van der Waals surface area contributed by atoms with Gasteiger partial charge in [0, 0.05) is 6.07 Å². The summed E-state index contributed by atoms with van der Waals surface area (Å²) in [6.45, 7) is 0.117. The lowest BCUT2D eigenvalue weighted by molar-refractivity contribution is -0.384. The fourth-order valence-electron chi connectivity index (χ4n) is 2.34. The molecular formula is C17H17N5O3. The monoisotopic (exact) mass is 339 g/mol. The van der Waals surface area contributed by atoms with Gasteiger partial charge in [0.2, 0.25) is 0 Å². The lowest BCUT2D eigenvalue weighted by atomic mass is 10.1. The summed E-state index contributed by atoms with van der Waals surface area (Å²) in [6, 6.07) is 15.5. The first-order chi connectivity index (χ1) is 12.1. The molecule has 0 aliphatic rings. The number of aromatic amines is 1. The van der Waals surface area contributed by atoms with E-state index in [9.17, 15) is 10.1 Å². The predicted octanol–water partition coefficient (Wildman–Crippen LogP) is 2.53. The number of H-pyrrole nitrogens is 1. The second kappa shape index (κ2) is 7.54. The van der Waals surface area contributed by atoms with Gasteiger partial charge in [-0.1, -0.05) is 36.4 Å². The average Bonchev–Trinajstić information content (AvgIpc) is 3.10. The highest BCUT2D eigenvalue weighted by atomic mass is 16.6. The molecule has 1 atom stereocenters. The van der Waals surface area contributed by atoms with Gasteiger partial charge < -0.3 is 10.5 Å². The van der Waals surface area contributed by atoms with Gasteiger partial charge >= 0.3 is 0 Å². The van der Waals surface area contributed by atoms with Crippen LogP contribution < -0.4 is 10.5 Å². The maximum absolute atomic E-state index is 10.8. The van der Waals surface area contributed by atoms with Crippen LogP contribution >= 0.6 is 0 Å². The topological polar surface area (TPSA) is 120 Å². The number of non-ortho nitro benzene ring substituents is 1. The molecule has 0 amide bonds. The molecule has 1 heterocycles. The van der Waals surface area contributed by atoms with Gasteiger partial charge in [-0.05, 0) is 18.1 Å². The Bertz CT molecular complexity index is 850. The highest BCUT2D eigenvalue weighted by Gasteiger charge is 2.13. The molecule has 1 unspecified atom stereocenters. The van der Waals surface area contributed by atoms with Crippen LogP contribution in [0.25, 0.3) is 0 Å². The summed E-state index contributed by atoms with van der Waals surface area (Å²) in [5.41, 5.74) is 7.22. The zero-order chi connectivity index (χ0) is 17.6. The van der Waals surface area contributed by atoms with Gasteiger partial charge in [-0.25, -0.2) is 4.98 Å². The van der Waals surface area contributed by atoms with Crippen molar-refractivity contribution in [3.8, 4) is 5.75 Å². The SMILES string of the molecule is NC(Cc1ccccc1)c1n[nH]c(COc2cccc([N+](=O)[O-])c2)n1. The summed E-state index contributed by atoms with van der Waals surface area (Å²) in [5, 5.41) is 17.7. The molecule has 8 nitrogen and oxygen atoms in total. The highest BCUT2D eigenvalue weighted by Crippen LogP contribution is 2.20. The zero-order valence-electron chi connectivity index (χ0n) is 13.3. The number of nitrogens with two attached hydrogens (primary N) is 1. The number of nitrogens with zero attached hydrogens (tertiary/aromatic N) is 3.